The van der Waals surface area contributed by atoms with Crippen LogP contribution in [0.25, 0.3) is 0 Å². The van der Waals surface area contributed by atoms with Crippen molar-refractivity contribution < 1.29 is 13.9 Å². The van der Waals surface area contributed by atoms with Gasteiger partial charge < -0.3 is 14.1 Å². The SMILES string of the molecule is CC1OC(C)C(C(=O)N2CCC(c3n[nH]c(=O)o3)CC2)C1C. The maximum absolute atomic E-state index is 12.8. The van der Waals surface area contributed by atoms with Crippen LogP contribution >= 0.6 is 0 Å². The third-order valence-electron chi connectivity index (χ3n) is 5.14. The summed E-state index contributed by atoms with van der Waals surface area (Å²) in [6, 6.07) is 0. The second kappa shape index (κ2) is 5.87. The number of H-pyrrole nitrogens is 1. The van der Waals surface area contributed by atoms with Crippen molar-refractivity contribution in [3.05, 3.63) is 16.4 Å². The molecule has 0 aromatic carbocycles. The van der Waals surface area contributed by atoms with E-state index in [-0.39, 0.29) is 35.9 Å². The maximum atomic E-state index is 12.8. The number of aromatic nitrogens is 2. The average Bonchev–Trinajstić information content (AvgIpc) is 3.03. The molecule has 0 spiro atoms. The van der Waals surface area contributed by atoms with Gasteiger partial charge in [-0.2, -0.15) is 0 Å². The Kier molecular flexibility index (Phi) is 4.08. The van der Waals surface area contributed by atoms with Gasteiger partial charge in [0, 0.05) is 19.0 Å². The summed E-state index contributed by atoms with van der Waals surface area (Å²) in [5.74, 6) is 0.409. The van der Waals surface area contributed by atoms with Crippen LogP contribution in [0.4, 0.5) is 0 Å². The molecular formula is C15H23N3O4. The largest absolute Gasteiger partial charge is 0.434 e. The molecule has 7 heteroatoms. The Balaban J connectivity index is 1.61. The Morgan fingerprint density at radius 1 is 1.23 bits per heavy atom. The Bertz CT molecular complexity index is 588. The molecule has 7 nitrogen and oxygen atoms in total. The number of hydrogen-bond acceptors (Lipinski definition) is 5. The van der Waals surface area contributed by atoms with E-state index in [1.165, 1.54) is 0 Å². The quantitative estimate of drug-likeness (QED) is 0.884. The summed E-state index contributed by atoms with van der Waals surface area (Å²) < 4.78 is 10.8. The molecule has 1 aromatic rings. The molecule has 2 aliphatic heterocycles. The topological polar surface area (TPSA) is 88.4 Å². The number of piperidine rings is 1. The molecule has 0 bridgehead atoms. The Morgan fingerprint density at radius 2 is 1.91 bits per heavy atom. The lowest BCUT2D eigenvalue weighted by Gasteiger charge is -2.33. The van der Waals surface area contributed by atoms with Crippen LogP contribution in [0.1, 0.15) is 45.4 Å². The summed E-state index contributed by atoms with van der Waals surface area (Å²) in [6.07, 6.45) is 1.64. The highest BCUT2D eigenvalue weighted by atomic mass is 16.5. The Labute approximate surface area is 129 Å². The molecule has 122 valence electrons. The number of nitrogens with one attached hydrogen (secondary N) is 1. The second-order valence-electron chi connectivity index (χ2n) is 6.48. The number of amides is 1. The predicted molar refractivity (Wildman–Crippen MR) is 78.3 cm³/mol. The number of rotatable bonds is 2. The molecular weight excluding hydrogens is 286 g/mol. The van der Waals surface area contributed by atoms with E-state index in [0.717, 1.165) is 12.8 Å². The van der Waals surface area contributed by atoms with Gasteiger partial charge in [-0.3, -0.25) is 4.79 Å². The molecule has 0 aliphatic carbocycles. The second-order valence-corrected chi connectivity index (χ2v) is 6.48. The standard InChI is InChI=1S/C15H23N3O4/c1-8-9(2)21-10(3)12(8)14(19)18-6-4-11(5-7-18)13-16-17-15(20)22-13/h8-12H,4-7H2,1-3H3,(H,17,20). The molecule has 3 rings (SSSR count). The average molecular weight is 309 g/mol. The number of carbonyl (C=O) groups is 1. The number of aromatic amines is 1. The van der Waals surface area contributed by atoms with Crippen LogP contribution in [0.3, 0.4) is 0 Å². The summed E-state index contributed by atoms with van der Waals surface area (Å²) in [4.78, 5) is 25.7. The fourth-order valence-corrected chi connectivity index (χ4v) is 3.67. The van der Waals surface area contributed by atoms with Gasteiger partial charge in [0.2, 0.25) is 11.8 Å². The van der Waals surface area contributed by atoms with E-state index in [1.807, 2.05) is 18.7 Å². The molecule has 0 radical (unpaired) electrons. The van der Waals surface area contributed by atoms with Crippen molar-refractivity contribution in [2.45, 2.75) is 51.7 Å². The summed E-state index contributed by atoms with van der Waals surface area (Å²) in [5, 5.41) is 6.19. The van der Waals surface area contributed by atoms with Crippen LogP contribution in [0.15, 0.2) is 9.21 Å². The molecule has 3 heterocycles. The van der Waals surface area contributed by atoms with Crippen LogP contribution in [-0.4, -0.2) is 46.3 Å². The van der Waals surface area contributed by atoms with Crippen molar-refractivity contribution in [1.29, 1.82) is 0 Å². The van der Waals surface area contributed by atoms with Gasteiger partial charge in [0.15, 0.2) is 0 Å². The minimum Gasteiger partial charge on any atom is -0.392 e. The van der Waals surface area contributed by atoms with E-state index in [0.29, 0.717) is 19.0 Å². The van der Waals surface area contributed by atoms with Crippen LogP contribution in [0.2, 0.25) is 0 Å². The van der Waals surface area contributed by atoms with Crippen molar-refractivity contribution in [1.82, 2.24) is 15.1 Å². The van der Waals surface area contributed by atoms with Gasteiger partial charge >= 0.3 is 5.76 Å². The third-order valence-corrected chi connectivity index (χ3v) is 5.14. The van der Waals surface area contributed by atoms with Gasteiger partial charge in [-0.25, -0.2) is 9.89 Å². The van der Waals surface area contributed by atoms with Crippen molar-refractivity contribution in [2.24, 2.45) is 11.8 Å². The summed E-state index contributed by atoms with van der Waals surface area (Å²) in [7, 11) is 0. The monoisotopic (exact) mass is 309 g/mol. The lowest BCUT2D eigenvalue weighted by molar-refractivity contribution is -0.139. The predicted octanol–water partition coefficient (Wildman–Crippen LogP) is 1.13. The first kappa shape index (κ1) is 15.3. The molecule has 1 aromatic heterocycles. The van der Waals surface area contributed by atoms with Crippen LogP contribution in [-0.2, 0) is 9.53 Å². The van der Waals surface area contributed by atoms with Crippen molar-refractivity contribution in [3.63, 3.8) is 0 Å². The number of carbonyl (C=O) groups excluding carboxylic acids is 1. The molecule has 2 aliphatic rings. The van der Waals surface area contributed by atoms with Crippen molar-refractivity contribution in [3.8, 4) is 0 Å². The highest BCUT2D eigenvalue weighted by molar-refractivity contribution is 5.80. The lowest BCUT2D eigenvalue weighted by Crippen LogP contribution is -2.44. The highest BCUT2D eigenvalue weighted by Crippen LogP contribution is 2.35. The molecule has 2 saturated heterocycles. The zero-order valence-corrected chi connectivity index (χ0v) is 13.2. The first-order valence-corrected chi connectivity index (χ1v) is 7.97. The zero-order valence-electron chi connectivity index (χ0n) is 13.2. The maximum Gasteiger partial charge on any atom is 0.434 e. The normalized spacial score (nSPS) is 33.3. The Hall–Kier alpha value is -1.63. The summed E-state index contributed by atoms with van der Waals surface area (Å²) in [5.41, 5.74) is 0. The minimum atomic E-state index is -0.520. The fraction of sp³-hybridized carbons (Fsp3) is 0.800. The van der Waals surface area contributed by atoms with Gasteiger partial charge in [-0.05, 0) is 32.6 Å². The molecule has 4 atom stereocenters. The fourth-order valence-electron chi connectivity index (χ4n) is 3.67. The van der Waals surface area contributed by atoms with E-state index in [2.05, 4.69) is 17.1 Å². The Morgan fingerprint density at radius 3 is 2.41 bits per heavy atom. The van der Waals surface area contributed by atoms with Gasteiger partial charge in [-0.15, -0.1) is 5.10 Å². The van der Waals surface area contributed by atoms with Crippen LogP contribution < -0.4 is 5.76 Å². The first-order valence-electron chi connectivity index (χ1n) is 7.97. The van der Waals surface area contributed by atoms with E-state index in [4.69, 9.17) is 9.15 Å². The molecule has 22 heavy (non-hydrogen) atoms. The number of ether oxygens (including phenoxy) is 1. The van der Waals surface area contributed by atoms with Crippen molar-refractivity contribution in [2.75, 3.05) is 13.1 Å². The van der Waals surface area contributed by atoms with Crippen molar-refractivity contribution >= 4 is 5.91 Å². The smallest absolute Gasteiger partial charge is 0.392 e. The number of likely N-dealkylation sites (tertiary alicyclic amines) is 1. The van der Waals surface area contributed by atoms with Gasteiger partial charge in [0.1, 0.15) is 0 Å². The van der Waals surface area contributed by atoms with Crippen LogP contribution in [0, 0.1) is 11.8 Å². The number of nitrogens with zero attached hydrogens (tertiary/aromatic N) is 2. The summed E-state index contributed by atoms with van der Waals surface area (Å²) >= 11 is 0. The van der Waals surface area contributed by atoms with E-state index in [9.17, 15) is 9.59 Å². The summed E-state index contributed by atoms with van der Waals surface area (Å²) in [6.45, 7) is 7.44. The third kappa shape index (κ3) is 2.69. The highest BCUT2D eigenvalue weighted by Gasteiger charge is 2.43. The first-order chi connectivity index (χ1) is 10.5. The zero-order chi connectivity index (χ0) is 15.9. The van der Waals surface area contributed by atoms with E-state index in [1.54, 1.807) is 0 Å². The van der Waals surface area contributed by atoms with E-state index < -0.39 is 5.76 Å². The molecule has 4 unspecified atom stereocenters. The molecule has 1 amide bonds. The number of hydrogen-bond donors (Lipinski definition) is 1. The van der Waals surface area contributed by atoms with Crippen LogP contribution in [0.5, 0.6) is 0 Å². The molecule has 1 N–H and O–H groups in total. The van der Waals surface area contributed by atoms with Gasteiger partial charge in [0.05, 0.1) is 18.1 Å². The van der Waals surface area contributed by atoms with Gasteiger partial charge in [0.25, 0.3) is 0 Å². The lowest BCUT2D eigenvalue weighted by atomic mass is 9.87. The molecule has 0 saturated carbocycles. The van der Waals surface area contributed by atoms with Gasteiger partial charge in [-0.1, -0.05) is 6.92 Å². The molecule has 2 fully saturated rings. The minimum absolute atomic E-state index is 0.0282. The van der Waals surface area contributed by atoms with E-state index >= 15 is 0 Å².